The summed E-state index contributed by atoms with van der Waals surface area (Å²) in [5, 5.41) is 3.27. The van der Waals surface area contributed by atoms with Crippen molar-refractivity contribution in [3.05, 3.63) is 29.8 Å². The van der Waals surface area contributed by atoms with E-state index in [2.05, 4.69) is 5.32 Å². The summed E-state index contributed by atoms with van der Waals surface area (Å²) in [4.78, 5) is 0. The van der Waals surface area contributed by atoms with E-state index in [1.54, 1.807) is 7.11 Å². The minimum absolute atomic E-state index is 0.224. The molecule has 6 heteroatoms. The highest BCUT2D eigenvalue weighted by molar-refractivity contribution is 7.85. The highest BCUT2D eigenvalue weighted by Crippen LogP contribution is 2.22. The molecule has 0 saturated carbocycles. The molecule has 0 aliphatic heterocycles. The number of nitrogens with one attached hydrogen (secondary N) is 1. The van der Waals surface area contributed by atoms with Gasteiger partial charge in [0.2, 0.25) is 0 Å². The largest absolute Gasteiger partial charge is 0.497 e. The molecular weight excluding hydrogens is 266 g/mol. The van der Waals surface area contributed by atoms with E-state index in [1.165, 1.54) is 0 Å². The first-order chi connectivity index (χ1) is 8.74. The van der Waals surface area contributed by atoms with Crippen LogP contribution in [0.25, 0.3) is 0 Å². The molecule has 0 aliphatic rings. The monoisotopic (exact) mass is 287 g/mol. The predicted molar refractivity (Wildman–Crippen MR) is 75.1 cm³/mol. The van der Waals surface area contributed by atoms with Gasteiger partial charge < -0.3 is 10.1 Å². The number of benzene rings is 1. The van der Waals surface area contributed by atoms with Crippen LogP contribution in [0.2, 0.25) is 0 Å². The standard InChI is InChI=1S/C13H21NO4S/c1-13(2,14-9-4-10-19(15,16)17)11-5-7-12(18-3)8-6-11/h5-8,14H,4,9-10H2,1-3H3,(H,15,16,17). The van der Waals surface area contributed by atoms with E-state index in [9.17, 15) is 8.42 Å². The second-order valence-electron chi connectivity index (χ2n) is 4.92. The Hall–Kier alpha value is -1.11. The lowest BCUT2D eigenvalue weighted by atomic mass is 9.94. The van der Waals surface area contributed by atoms with Crippen molar-refractivity contribution in [2.24, 2.45) is 0 Å². The predicted octanol–water partition coefficient (Wildman–Crippen LogP) is 1.80. The van der Waals surface area contributed by atoms with Crippen molar-refractivity contribution < 1.29 is 17.7 Å². The highest BCUT2D eigenvalue weighted by atomic mass is 32.2. The Kier molecular flexibility index (Phi) is 5.34. The fourth-order valence-corrected chi connectivity index (χ4v) is 2.27. The third kappa shape index (κ3) is 5.59. The molecule has 0 aliphatic carbocycles. The van der Waals surface area contributed by atoms with E-state index in [1.807, 2.05) is 38.1 Å². The van der Waals surface area contributed by atoms with Gasteiger partial charge in [0.15, 0.2) is 0 Å². The van der Waals surface area contributed by atoms with Gasteiger partial charge in [-0.25, -0.2) is 0 Å². The molecular formula is C13H21NO4S. The summed E-state index contributed by atoms with van der Waals surface area (Å²) in [6, 6.07) is 7.71. The summed E-state index contributed by atoms with van der Waals surface area (Å²) in [6.07, 6.45) is 0.373. The van der Waals surface area contributed by atoms with Gasteiger partial charge in [-0.1, -0.05) is 12.1 Å². The van der Waals surface area contributed by atoms with Crippen LogP contribution < -0.4 is 10.1 Å². The van der Waals surface area contributed by atoms with Gasteiger partial charge in [0.05, 0.1) is 12.9 Å². The first kappa shape index (κ1) is 15.9. The molecule has 2 N–H and O–H groups in total. The normalized spacial score (nSPS) is 12.4. The summed E-state index contributed by atoms with van der Waals surface area (Å²) < 4.78 is 35.0. The Bertz CT molecular complexity index is 494. The maximum atomic E-state index is 10.6. The lowest BCUT2D eigenvalue weighted by molar-refractivity contribution is 0.397. The van der Waals surface area contributed by atoms with Crippen LogP contribution in [0, 0.1) is 0 Å². The highest BCUT2D eigenvalue weighted by Gasteiger charge is 2.19. The molecule has 1 rings (SSSR count). The SMILES string of the molecule is COc1ccc(C(C)(C)NCCCS(=O)(=O)O)cc1. The molecule has 0 unspecified atom stereocenters. The molecule has 0 amide bonds. The summed E-state index contributed by atoms with van der Waals surface area (Å²) in [7, 11) is -2.25. The second-order valence-corrected chi connectivity index (χ2v) is 6.49. The summed E-state index contributed by atoms with van der Waals surface area (Å²) in [5.74, 6) is 0.574. The molecule has 5 nitrogen and oxygen atoms in total. The number of rotatable bonds is 7. The molecule has 19 heavy (non-hydrogen) atoms. The third-order valence-corrected chi connectivity index (χ3v) is 3.76. The van der Waals surface area contributed by atoms with Gasteiger partial charge in [-0.3, -0.25) is 4.55 Å². The number of hydrogen-bond acceptors (Lipinski definition) is 4. The van der Waals surface area contributed by atoms with E-state index in [0.29, 0.717) is 13.0 Å². The topological polar surface area (TPSA) is 75.6 Å². The van der Waals surface area contributed by atoms with Crippen molar-refractivity contribution in [1.29, 1.82) is 0 Å². The fourth-order valence-electron chi connectivity index (χ4n) is 1.77. The molecule has 0 bridgehead atoms. The molecule has 1 aromatic carbocycles. The van der Waals surface area contributed by atoms with Gasteiger partial charge in [0.25, 0.3) is 10.1 Å². The van der Waals surface area contributed by atoms with Gasteiger partial charge in [0, 0.05) is 5.54 Å². The molecule has 0 heterocycles. The van der Waals surface area contributed by atoms with Gasteiger partial charge in [-0.05, 0) is 44.5 Å². The van der Waals surface area contributed by atoms with Crippen LogP contribution in [0.5, 0.6) is 5.75 Å². The molecule has 0 saturated heterocycles. The second kappa shape index (κ2) is 6.36. The molecule has 0 radical (unpaired) electrons. The van der Waals surface area contributed by atoms with Crippen molar-refractivity contribution in [3.8, 4) is 5.75 Å². The summed E-state index contributed by atoms with van der Waals surface area (Å²) in [5.41, 5.74) is 0.811. The quantitative estimate of drug-likeness (QED) is 0.591. The van der Waals surface area contributed by atoms with Gasteiger partial charge in [-0.2, -0.15) is 8.42 Å². The molecule has 0 atom stereocenters. The fraction of sp³-hybridized carbons (Fsp3) is 0.538. The third-order valence-electron chi connectivity index (χ3n) is 2.96. The smallest absolute Gasteiger partial charge is 0.264 e. The Balaban J connectivity index is 2.54. The average Bonchev–Trinajstić information content (AvgIpc) is 2.34. The number of ether oxygens (including phenoxy) is 1. The van der Waals surface area contributed by atoms with E-state index in [-0.39, 0.29) is 11.3 Å². The maximum absolute atomic E-state index is 10.6. The van der Waals surface area contributed by atoms with Crippen LogP contribution in [0.4, 0.5) is 0 Å². The molecule has 0 spiro atoms. The van der Waals surface area contributed by atoms with Crippen LogP contribution in [0.15, 0.2) is 24.3 Å². The van der Waals surface area contributed by atoms with Gasteiger partial charge >= 0.3 is 0 Å². The zero-order chi connectivity index (χ0) is 14.5. The average molecular weight is 287 g/mol. The lowest BCUT2D eigenvalue weighted by Crippen LogP contribution is -2.37. The first-order valence-electron chi connectivity index (χ1n) is 6.09. The summed E-state index contributed by atoms with van der Waals surface area (Å²) in [6.45, 7) is 4.54. The minimum atomic E-state index is -3.87. The van der Waals surface area contributed by atoms with E-state index in [0.717, 1.165) is 11.3 Å². The van der Waals surface area contributed by atoms with Crippen molar-refractivity contribution in [2.75, 3.05) is 19.4 Å². The minimum Gasteiger partial charge on any atom is -0.497 e. The molecule has 0 aromatic heterocycles. The number of methoxy groups -OCH3 is 1. The zero-order valence-corrected chi connectivity index (χ0v) is 12.3. The van der Waals surface area contributed by atoms with E-state index in [4.69, 9.17) is 9.29 Å². The summed E-state index contributed by atoms with van der Waals surface area (Å²) >= 11 is 0. The van der Waals surface area contributed by atoms with E-state index >= 15 is 0 Å². The number of hydrogen-bond donors (Lipinski definition) is 2. The Labute approximate surface area is 114 Å². The van der Waals surface area contributed by atoms with Crippen LogP contribution >= 0.6 is 0 Å². The molecule has 108 valence electrons. The van der Waals surface area contributed by atoms with Crippen molar-refractivity contribution in [2.45, 2.75) is 25.8 Å². The van der Waals surface area contributed by atoms with Crippen molar-refractivity contribution >= 4 is 10.1 Å². The zero-order valence-electron chi connectivity index (χ0n) is 11.5. The Morgan fingerprint density at radius 2 is 1.84 bits per heavy atom. The first-order valence-corrected chi connectivity index (χ1v) is 7.70. The van der Waals surface area contributed by atoms with Crippen LogP contribution in [-0.4, -0.2) is 32.4 Å². The Morgan fingerprint density at radius 3 is 2.32 bits per heavy atom. The Morgan fingerprint density at radius 1 is 1.26 bits per heavy atom. The molecule has 0 fully saturated rings. The molecule has 1 aromatic rings. The van der Waals surface area contributed by atoms with Gasteiger partial charge in [-0.15, -0.1) is 0 Å². The van der Waals surface area contributed by atoms with Crippen molar-refractivity contribution in [3.63, 3.8) is 0 Å². The lowest BCUT2D eigenvalue weighted by Gasteiger charge is -2.27. The maximum Gasteiger partial charge on any atom is 0.264 e. The van der Waals surface area contributed by atoms with Crippen molar-refractivity contribution in [1.82, 2.24) is 5.32 Å². The van der Waals surface area contributed by atoms with E-state index < -0.39 is 10.1 Å². The van der Waals surface area contributed by atoms with Gasteiger partial charge in [0.1, 0.15) is 5.75 Å². The van der Waals surface area contributed by atoms with Crippen LogP contribution in [0.1, 0.15) is 25.8 Å². The van der Waals surface area contributed by atoms with Crippen LogP contribution in [-0.2, 0) is 15.7 Å². The van der Waals surface area contributed by atoms with Crippen LogP contribution in [0.3, 0.4) is 0 Å².